The fourth-order valence-electron chi connectivity index (χ4n) is 3.46. The van der Waals surface area contributed by atoms with Gasteiger partial charge in [-0.3, -0.25) is 4.79 Å². The number of hydrogen-bond acceptors (Lipinski definition) is 4. The van der Waals surface area contributed by atoms with Crippen LogP contribution in [0.2, 0.25) is 0 Å². The lowest BCUT2D eigenvalue weighted by Crippen LogP contribution is -2.43. The van der Waals surface area contributed by atoms with E-state index >= 15 is 0 Å². The minimum Gasteiger partial charge on any atom is -0.368 e. The number of pyridine rings is 1. The highest BCUT2D eigenvalue weighted by molar-refractivity contribution is 9.10. The third-order valence-electron chi connectivity index (χ3n) is 4.85. The highest BCUT2D eigenvalue weighted by Crippen LogP contribution is 2.39. The molecule has 1 amide bonds. The lowest BCUT2D eigenvalue weighted by molar-refractivity contribution is -0.116. The fourth-order valence-corrected chi connectivity index (χ4v) is 4.01. The quantitative estimate of drug-likeness (QED) is 0.747. The molecule has 2 fully saturated rings. The number of hydrogen-bond donors (Lipinski definition) is 3. The molecule has 4 N–H and O–H groups in total. The van der Waals surface area contributed by atoms with Gasteiger partial charge in [-0.1, -0.05) is 0 Å². The number of carbonyl (C=O) groups excluding carboxylic acids is 1. The van der Waals surface area contributed by atoms with Gasteiger partial charge in [0.1, 0.15) is 5.65 Å². The van der Waals surface area contributed by atoms with Crippen molar-refractivity contribution in [1.29, 1.82) is 0 Å². The summed E-state index contributed by atoms with van der Waals surface area (Å²) in [6.45, 7) is 1.78. The Hall–Kier alpha value is -1.60. The maximum atomic E-state index is 12.2. The summed E-state index contributed by atoms with van der Waals surface area (Å²) in [4.78, 5) is 22.2. The van der Waals surface area contributed by atoms with Crippen molar-refractivity contribution in [1.82, 2.24) is 9.97 Å². The zero-order valence-corrected chi connectivity index (χ0v) is 15.1. The first-order chi connectivity index (χ1) is 11.6. The molecule has 1 aliphatic heterocycles. The summed E-state index contributed by atoms with van der Waals surface area (Å²) in [5.41, 5.74) is 8.82. The Kier molecular flexibility index (Phi) is 4.22. The minimum absolute atomic E-state index is 0.0830. The molecule has 0 spiro atoms. The van der Waals surface area contributed by atoms with Gasteiger partial charge in [0, 0.05) is 37.9 Å². The van der Waals surface area contributed by atoms with Gasteiger partial charge in [0.2, 0.25) is 5.91 Å². The van der Waals surface area contributed by atoms with Crippen molar-refractivity contribution in [2.75, 3.05) is 23.3 Å². The highest BCUT2D eigenvalue weighted by Gasteiger charge is 2.26. The molecule has 0 unspecified atom stereocenters. The summed E-state index contributed by atoms with van der Waals surface area (Å²) < 4.78 is 0.932. The fraction of sp³-hybridized carbons (Fsp3) is 0.529. The summed E-state index contributed by atoms with van der Waals surface area (Å²) in [7, 11) is 0. The molecule has 4 rings (SSSR count). The first kappa shape index (κ1) is 15.9. The zero-order chi connectivity index (χ0) is 16.7. The number of aromatic amines is 1. The number of carbonyl (C=O) groups is 1. The number of nitrogens with zero attached hydrogens (tertiary/aromatic N) is 2. The zero-order valence-electron chi connectivity index (χ0n) is 13.5. The second kappa shape index (κ2) is 6.37. The van der Waals surface area contributed by atoms with Gasteiger partial charge >= 0.3 is 0 Å². The molecular weight excluding hydrogens is 370 g/mol. The van der Waals surface area contributed by atoms with Crippen LogP contribution < -0.4 is 16.0 Å². The molecule has 1 saturated carbocycles. The Labute approximate surface area is 149 Å². The number of nitrogens with two attached hydrogens (primary N) is 1. The van der Waals surface area contributed by atoms with Crippen LogP contribution in [-0.4, -0.2) is 35.0 Å². The lowest BCUT2D eigenvalue weighted by Gasteiger charge is -2.33. The van der Waals surface area contributed by atoms with E-state index in [0.29, 0.717) is 12.3 Å². The first-order valence-electron chi connectivity index (χ1n) is 8.58. The summed E-state index contributed by atoms with van der Waals surface area (Å²) >= 11 is 3.64. The van der Waals surface area contributed by atoms with E-state index in [1.54, 1.807) is 0 Å². The number of H-pyrrole nitrogens is 1. The van der Waals surface area contributed by atoms with Gasteiger partial charge in [-0.15, -0.1) is 0 Å². The Morgan fingerprint density at radius 3 is 3.04 bits per heavy atom. The average molecular weight is 392 g/mol. The van der Waals surface area contributed by atoms with E-state index in [-0.39, 0.29) is 11.9 Å². The topological polar surface area (TPSA) is 87.0 Å². The molecule has 0 radical (unpaired) electrons. The Morgan fingerprint density at radius 1 is 1.46 bits per heavy atom. The summed E-state index contributed by atoms with van der Waals surface area (Å²) in [6.07, 6.45) is 8.73. The van der Waals surface area contributed by atoms with Crippen LogP contribution in [0.15, 0.2) is 16.9 Å². The third kappa shape index (κ3) is 3.15. The van der Waals surface area contributed by atoms with Gasteiger partial charge in [0.15, 0.2) is 0 Å². The van der Waals surface area contributed by atoms with Gasteiger partial charge in [-0.05, 0) is 47.5 Å². The normalized spacial score (nSPS) is 21.2. The maximum Gasteiger partial charge on any atom is 0.224 e. The van der Waals surface area contributed by atoms with Gasteiger partial charge in [0.05, 0.1) is 21.2 Å². The number of piperidine rings is 1. The molecule has 2 aromatic rings. The van der Waals surface area contributed by atoms with Gasteiger partial charge in [-0.2, -0.15) is 0 Å². The second-order valence-corrected chi connectivity index (χ2v) is 7.78. The smallest absolute Gasteiger partial charge is 0.224 e. The van der Waals surface area contributed by atoms with Crippen LogP contribution in [0, 0.1) is 5.92 Å². The van der Waals surface area contributed by atoms with E-state index in [1.807, 2.05) is 12.4 Å². The van der Waals surface area contributed by atoms with E-state index in [2.05, 4.69) is 36.1 Å². The van der Waals surface area contributed by atoms with Gasteiger partial charge in [0.25, 0.3) is 0 Å². The molecule has 2 aliphatic rings. The number of fused-ring (bicyclic) bond motifs is 1. The number of nitrogens with one attached hydrogen (secondary N) is 2. The predicted octanol–water partition coefficient (Wildman–Crippen LogP) is 2.99. The largest absolute Gasteiger partial charge is 0.368 e. The van der Waals surface area contributed by atoms with Gasteiger partial charge in [-0.25, -0.2) is 4.98 Å². The minimum atomic E-state index is 0.0830. The Bertz CT molecular complexity index is 770. The van der Waals surface area contributed by atoms with Crippen molar-refractivity contribution in [3.63, 3.8) is 0 Å². The molecule has 6 nitrogen and oxygen atoms in total. The lowest BCUT2D eigenvalue weighted by atomic mass is 10.1. The number of anilines is 2. The van der Waals surface area contributed by atoms with Crippen molar-refractivity contribution in [2.45, 2.75) is 38.1 Å². The SMILES string of the molecule is N[C@@H]1CCCN(c2c(Br)cnc3[nH]cc(NC(=O)CC4CC4)c23)C1. The highest BCUT2D eigenvalue weighted by atomic mass is 79.9. The van der Waals surface area contributed by atoms with Crippen LogP contribution in [0.1, 0.15) is 32.1 Å². The molecule has 7 heteroatoms. The van der Waals surface area contributed by atoms with E-state index < -0.39 is 0 Å². The third-order valence-corrected chi connectivity index (χ3v) is 5.43. The predicted molar refractivity (Wildman–Crippen MR) is 99.2 cm³/mol. The number of rotatable bonds is 4. The average Bonchev–Trinajstić information content (AvgIpc) is 3.27. The Balaban J connectivity index is 1.69. The van der Waals surface area contributed by atoms with Crippen LogP contribution in [0.3, 0.4) is 0 Å². The van der Waals surface area contributed by atoms with Crippen LogP contribution in [0.25, 0.3) is 11.0 Å². The molecule has 0 bridgehead atoms. The number of aromatic nitrogens is 2. The molecule has 1 aliphatic carbocycles. The van der Waals surface area contributed by atoms with Crippen LogP contribution in [0.5, 0.6) is 0 Å². The summed E-state index contributed by atoms with van der Waals surface area (Å²) in [5, 5.41) is 4.03. The second-order valence-electron chi connectivity index (χ2n) is 6.92. The van der Waals surface area contributed by atoms with E-state index in [9.17, 15) is 4.79 Å². The van der Waals surface area contributed by atoms with Crippen LogP contribution in [0.4, 0.5) is 11.4 Å². The van der Waals surface area contributed by atoms with E-state index in [4.69, 9.17) is 5.73 Å². The summed E-state index contributed by atoms with van der Waals surface area (Å²) in [5.74, 6) is 0.652. The molecular formula is C17H22BrN5O. The van der Waals surface area contributed by atoms with Crippen molar-refractivity contribution >= 4 is 44.2 Å². The van der Waals surface area contributed by atoms with Crippen molar-refractivity contribution in [2.24, 2.45) is 11.7 Å². The van der Waals surface area contributed by atoms with Crippen LogP contribution >= 0.6 is 15.9 Å². The van der Waals surface area contributed by atoms with E-state index in [1.165, 1.54) is 12.8 Å². The van der Waals surface area contributed by atoms with Crippen molar-refractivity contribution < 1.29 is 4.79 Å². The molecule has 1 atom stereocenters. The Morgan fingerprint density at radius 2 is 2.29 bits per heavy atom. The molecule has 3 heterocycles. The number of halogens is 1. The van der Waals surface area contributed by atoms with Crippen molar-refractivity contribution in [3.8, 4) is 0 Å². The monoisotopic (exact) mass is 391 g/mol. The number of amides is 1. The first-order valence-corrected chi connectivity index (χ1v) is 9.37. The summed E-state index contributed by atoms with van der Waals surface area (Å²) in [6, 6.07) is 0.181. The van der Waals surface area contributed by atoms with Crippen LogP contribution in [-0.2, 0) is 4.79 Å². The standard InChI is InChI=1S/C17H22BrN5O/c18-12-7-20-17-15(16(12)23-5-1-2-11(19)9-23)13(8-21-17)22-14(24)6-10-3-4-10/h7-8,10-11H,1-6,9,19H2,(H,20,21)(H,22,24)/t11-/m1/s1. The van der Waals surface area contributed by atoms with Crippen molar-refractivity contribution in [3.05, 3.63) is 16.9 Å². The molecule has 2 aromatic heterocycles. The van der Waals surface area contributed by atoms with Gasteiger partial charge < -0.3 is 20.9 Å². The molecule has 24 heavy (non-hydrogen) atoms. The maximum absolute atomic E-state index is 12.2. The molecule has 1 saturated heterocycles. The molecule has 0 aromatic carbocycles. The molecule has 128 valence electrons. The van der Waals surface area contributed by atoms with E-state index in [0.717, 1.165) is 52.8 Å².